The van der Waals surface area contributed by atoms with E-state index in [0.717, 1.165) is 30.7 Å². The molecule has 8 nitrogen and oxygen atoms in total. The van der Waals surface area contributed by atoms with Gasteiger partial charge in [-0.1, -0.05) is 23.7 Å². The molecule has 43 heavy (non-hydrogen) atoms. The Bertz CT molecular complexity index is 1610. The quantitative estimate of drug-likeness (QED) is 0.271. The number of fused-ring (bicyclic) bond motifs is 1. The number of alkyl halides is 3. The zero-order chi connectivity index (χ0) is 31.1. The monoisotopic (exact) mass is 634 g/mol. The van der Waals surface area contributed by atoms with Crippen LogP contribution in [0, 0.1) is 5.92 Å². The highest BCUT2D eigenvalue weighted by molar-refractivity contribution is 8.18. The van der Waals surface area contributed by atoms with Gasteiger partial charge in [0.05, 0.1) is 28.7 Å². The molecule has 2 aliphatic heterocycles. The predicted octanol–water partition coefficient (Wildman–Crippen LogP) is 7.44. The number of nitrogens with zero attached hydrogens (tertiary/aromatic N) is 4. The van der Waals surface area contributed by atoms with Crippen LogP contribution in [0.15, 0.2) is 47.5 Å². The molecule has 2 aliphatic rings. The molecule has 228 valence electrons. The van der Waals surface area contributed by atoms with Crippen molar-refractivity contribution in [3.05, 3.63) is 69.2 Å². The normalized spacial score (nSPS) is 19.1. The Hall–Kier alpha value is -3.51. The number of thioether (sulfide) groups is 1. The van der Waals surface area contributed by atoms with Gasteiger partial charge < -0.3 is 9.64 Å². The summed E-state index contributed by atoms with van der Waals surface area (Å²) in [5.41, 5.74) is -0.140. The lowest BCUT2D eigenvalue weighted by Crippen LogP contribution is -2.46. The average molecular weight is 635 g/mol. The highest BCUT2D eigenvalue weighted by Crippen LogP contribution is 2.36. The Morgan fingerprint density at radius 1 is 1.16 bits per heavy atom. The molecule has 0 saturated carbocycles. The second-order valence-electron chi connectivity index (χ2n) is 11.6. The Balaban J connectivity index is 1.28. The molecule has 13 heteroatoms. The summed E-state index contributed by atoms with van der Waals surface area (Å²) >= 11 is 6.66. The molecule has 0 radical (unpaired) electrons. The zero-order valence-electron chi connectivity index (χ0n) is 23.8. The van der Waals surface area contributed by atoms with Gasteiger partial charge in [0.1, 0.15) is 5.60 Å². The van der Waals surface area contributed by atoms with Gasteiger partial charge >= 0.3 is 12.3 Å². The number of carbonyl (C=O) groups is 3. The minimum Gasteiger partial charge on any atom is -0.444 e. The summed E-state index contributed by atoms with van der Waals surface area (Å²) in [7, 11) is 0. The number of amides is 3. The molecule has 0 spiro atoms. The predicted molar refractivity (Wildman–Crippen MR) is 158 cm³/mol. The van der Waals surface area contributed by atoms with E-state index < -0.39 is 29.3 Å². The van der Waals surface area contributed by atoms with Gasteiger partial charge in [-0.05, 0) is 92.8 Å². The molecule has 1 atom stereocenters. The maximum atomic E-state index is 13.6. The van der Waals surface area contributed by atoms with Gasteiger partial charge in [0.2, 0.25) is 0 Å². The van der Waals surface area contributed by atoms with Gasteiger partial charge in [0.25, 0.3) is 11.1 Å². The topological polar surface area (TPSA) is 84.7 Å². The first-order chi connectivity index (χ1) is 20.2. The summed E-state index contributed by atoms with van der Waals surface area (Å²) in [5.74, 6) is -0.461. The van der Waals surface area contributed by atoms with E-state index in [-0.39, 0.29) is 39.7 Å². The van der Waals surface area contributed by atoms with Crippen molar-refractivity contribution in [2.45, 2.75) is 51.9 Å². The summed E-state index contributed by atoms with van der Waals surface area (Å²) in [6.07, 6.45) is -0.273. The first-order valence-corrected chi connectivity index (χ1v) is 14.9. The molecule has 2 saturated heterocycles. The first kappa shape index (κ1) is 30.9. The van der Waals surface area contributed by atoms with Crippen LogP contribution in [0.3, 0.4) is 0 Å². The van der Waals surface area contributed by atoms with Crippen molar-refractivity contribution in [3.8, 4) is 0 Å². The van der Waals surface area contributed by atoms with E-state index in [2.05, 4.69) is 5.10 Å². The third-order valence-corrected chi connectivity index (χ3v) is 8.29. The van der Waals surface area contributed by atoms with Crippen molar-refractivity contribution in [1.29, 1.82) is 0 Å². The molecule has 0 N–H and O–H groups in total. The maximum absolute atomic E-state index is 13.6. The van der Waals surface area contributed by atoms with Crippen LogP contribution in [0.2, 0.25) is 5.02 Å². The van der Waals surface area contributed by atoms with E-state index in [1.807, 2.05) is 0 Å². The van der Waals surface area contributed by atoms with Crippen molar-refractivity contribution in [2.75, 3.05) is 19.6 Å². The Morgan fingerprint density at radius 2 is 1.93 bits per heavy atom. The Kier molecular flexibility index (Phi) is 8.54. The van der Waals surface area contributed by atoms with Crippen LogP contribution in [0.5, 0.6) is 0 Å². The summed E-state index contributed by atoms with van der Waals surface area (Å²) in [4.78, 5) is 41.6. The molecule has 5 rings (SSSR count). The number of halogens is 4. The second kappa shape index (κ2) is 11.9. The fourth-order valence-corrected chi connectivity index (χ4v) is 6.23. The molecule has 3 heterocycles. The average Bonchev–Trinajstić information content (AvgIpc) is 3.43. The third-order valence-electron chi connectivity index (χ3n) is 7.15. The fraction of sp³-hybridized carbons (Fsp3) is 0.400. The van der Waals surface area contributed by atoms with Crippen molar-refractivity contribution in [3.63, 3.8) is 0 Å². The SMILES string of the molecule is CC(C)(C)OC(=O)N1CCC[C@H](CN2C(=O)SC(=Cc3ccc4c(cnn4Cc4ccc(Cl)cc4C(F)(F)F)c3)C2=O)C1. The molecule has 1 aromatic heterocycles. The van der Waals surface area contributed by atoms with Gasteiger partial charge in [0, 0.05) is 30.0 Å². The molecule has 3 aromatic rings. The Morgan fingerprint density at radius 3 is 2.65 bits per heavy atom. The minimum atomic E-state index is -4.56. The minimum absolute atomic E-state index is 0.00281. The number of benzene rings is 2. The number of likely N-dealkylation sites (tertiary alicyclic amines) is 1. The maximum Gasteiger partial charge on any atom is 0.416 e. The summed E-state index contributed by atoms with van der Waals surface area (Å²) in [5, 5.41) is 4.57. The van der Waals surface area contributed by atoms with E-state index in [9.17, 15) is 27.6 Å². The number of carbonyl (C=O) groups excluding carboxylic acids is 3. The van der Waals surface area contributed by atoms with Gasteiger partial charge in [0.15, 0.2) is 0 Å². The molecule has 2 aromatic carbocycles. The molecular weight excluding hydrogens is 605 g/mol. The standard InChI is InChI=1S/C30H30ClF3N4O4S/c1-29(2,3)42-27(40)36-10-4-5-19(15-36)16-37-26(39)25(43-28(37)41)12-18-6-9-24-21(11-18)14-35-38(24)17-20-7-8-22(31)13-23(20)30(32,33)34/h6-9,11-14,19H,4-5,10,15-17H2,1-3H3/t19-/m0/s1. The smallest absolute Gasteiger partial charge is 0.416 e. The van der Waals surface area contributed by atoms with Crippen LogP contribution in [0.1, 0.15) is 50.3 Å². The van der Waals surface area contributed by atoms with Gasteiger partial charge in [-0.3, -0.25) is 19.2 Å². The van der Waals surface area contributed by atoms with Crippen LogP contribution < -0.4 is 0 Å². The highest BCUT2D eigenvalue weighted by Gasteiger charge is 2.38. The Labute approximate surface area is 255 Å². The number of rotatable bonds is 5. The van der Waals surface area contributed by atoms with E-state index in [0.29, 0.717) is 29.6 Å². The van der Waals surface area contributed by atoms with Crippen LogP contribution in [-0.4, -0.2) is 62.1 Å². The van der Waals surface area contributed by atoms with Crippen LogP contribution in [0.25, 0.3) is 17.0 Å². The van der Waals surface area contributed by atoms with E-state index >= 15 is 0 Å². The number of aromatic nitrogens is 2. The van der Waals surface area contributed by atoms with Crippen molar-refractivity contribution in [1.82, 2.24) is 19.6 Å². The van der Waals surface area contributed by atoms with Crippen molar-refractivity contribution < 1.29 is 32.3 Å². The first-order valence-electron chi connectivity index (χ1n) is 13.7. The van der Waals surface area contributed by atoms with E-state index in [4.69, 9.17) is 16.3 Å². The summed E-state index contributed by atoms with van der Waals surface area (Å²) < 4.78 is 47.6. The number of hydrogen-bond donors (Lipinski definition) is 0. The zero-order valence-corrected chi connectivity index (χ0v) is 25.4. The van der Waals surface area contributed by atoms with Gasteiger partial charge in [-0.25, -0.2) is 4.79 Å². The van der Waals surface area contributed by atoms with Crippen LogP contribution >= 0.6 is 23.4 Å². The third kappa shape index (κ3) is 7.18. The van der Waals surface area contributed by atoms with Crippen molar-refractivity contribution in [2.24, 2.45) is 5.92 Å². The lowest BCUT2D eigenvalue weighted by Gasteiger charge is -2.35. The van der Waals surface area contributed by atoms with Crippen LogP contribution in [0.4, 0.5) is 22.8 Å². The fourth-order valence-electron chi connectivity index (χ4n) is 5.21. The van der Waals surface area contributed by atoms with E-state index in [1.165, 1.54) is 21.7 Å². The number of piperidine rings is 1. The van der Waals surface area contributed by atoms with E-state index in [1.54, 1.807) is 56.1 Å². The molecule has 0 bridgehead atoms. The second-order valence-corrected chi connectivity index (χ2v) is 13.1. The molecule has 3 amide bonds. The molecule has 0 aliphatic carbocycles. The summed E-state index contributed by atoms with van der Waals surface area (Å²) in [6, 6.07) is 8.85. The lowest BCUT2D eigenvalue weighted by atomic mass is 9.97. The van der Waals surface area contributed by atoms with Crippen molar-refractivity contribution >= 4 is 57.6 Å². The summed E-state index contributed by atoms with van der Waals surface area (Å²) in [6.45, 7) is 6.47. The van der Waals surface area contributed by atoms with Gasteiger partial charge in [-0.2, -0.15) is 18.3 Å². The number of imide groups is 1. The lowest BCUT2D eigenvalue weighted by molar-refractivity contribution is -0.138. The number of hydrogen-bond acceptors (Lipinski definition) is 6. The largest absolute Gasteiger partial charge is 0.444 e. The van der Waals surface area contributed by atoms with Crippen LogP contribution in [-0.2, 0) is 22.3 Å². The molecular formula is C30H30ClF3N4O4S. The molecule has 0 unspecified atom stereocenters. The van der Waals surface area contributed by atoms with Gasteiger partial charge in [-0.15, -0.1) is 0 Å². The molecule has 2 fully saturated rings. The number of ether oxygens (including phenoxy) is 1. The highest BCUT2D eigenvalue weighted by atomic mass is 35.5.